The van der Waals surface area contributed by atoms with Gasteiger partial charge in [0.1, 0.15) is 4.90 Å². The van der Waals surface area contributed by atoms with Gasteiger partial charge >= 0.3 is 0 Å². The van der Waals surface area contributed by atoms with Gasteiger partial charge in [-0.05, 0) is 51.2 Å². The van der Waals surface area contributed by atoms with E-state index in [9.17, 15) is 13.2 Å². The zero-order valence-corrected chi connectivity index (χ0v) is 16.7. The summed E-state index contributed by atoms with van der Waals surface area (Å²) < 4.78 is 28.9. The largest absolute Gasteiger partial charge is 0.310 e. The fourth-order valence-corrected chi connectivity index (χ4v) is 4.80. The summed E-state index contributed by atoms with van der Waals surface area (Å²) in [4.78, 5) is 15.9. The number of carbonyl (C=O) groups excluding carboxylic acids is 1. The number of halogens is 1. The number of sulfonamides is 1. The predicted molar refractivity (Wildman–Crippen MR) is 98.8 cm³/mol. The number of nitrogens with zero attached hydrogens (tertiary/aromatic N) is 2. The number of hydrogen-bond acceptors (Lipinski definition) is 4. The second-order valence-corrected chi connectivity index (χ2v) is 8.77. The van der Waals surface area contributed by atoms with Crippen molar-refractivity contribution in [1.29, 1.82) is 0 Å². The number of rotatable bonds is 7. The first kappa shape index (κ1) is 19.4. The zero-order chi connectivity index (χ0) is 17.9. The Hall–Kier alpha value is -0.960. The summed E-state index contributed by atoms with van der Waals surface area (Å²) in [5.74, 6) is -0.0554. The molecule has 1 aromatic carbocycles. The first-order chi connectivity index (χ1) is 11.3. The van der Waals surface area contributed by atoms with Crippen LogP contribution in [0.4, 0.5) is 5.69 Å². The lowest BCUT2D eigenvalue weighted by Crippen LogP contribution is -2.32. The molecule has 0 atom stereocenters. The first-order valence-corrected chi connectivity index (χ1v) is 10.3. The van der Waals surface area contributed by atoms with Crippen molar-refractivity contribution in [2.45, 2.75) is 31.1 Å². The van der Waals surface area contributed by atoms with Gasteiger partial charge in [0.15, 0.2) is 0 Å². The van der Waals surface area contributed by atoms with Crippen molar-refractivity contribution < 1.29 is 13.2 Å². The highest BCUT2D eigenvalue weighted by Crippen LogP contribution is 2.37. The Morgan fingerprint density at radius 2 is 2.08 bits per heavy atom. The van der Waals surface area contributed by atoms with Crippen LogP contribution in [0.15, 0.2) is 21.5 Å². The molecule has 6 nitrogen and oxygen atoms in total. The highest BCUT2D eigenvalue weighted by atomic mass is 79.9. The van der Waals surface area contributed by atoms with Gasteiger partial charge in [-0.2, -0.15) is 0 Å². The molecule has 0 spiro atoms. The molecule has 1 aliphatic rings. The van der Waals surface area contributed by atoms with Crippen molar-refractivity contribution >= 4 is 37.5 Å². The molecular formula is C16H24BrN3O3S. The third-order valence-corrected chi connectivity index (χ3v) is 5.89. The van der Waals surface area contributed by atoms with Crippen LogP contribution < -0.4 is 9.62 Å². The highest BCUT2D eigenvalue weighted by molar-refractivity contribution is 9.10. The Morgan fingerprint density at radius 1 is 1.38 bits per heavy atom. The van der Waals surface area contributed by atoms with Crippen molar-refractivity contribution in [3.05, 3.63) is 22.2 Å². The standard InChI is InChI=1S/C16H24BrN3O3S/c1-4-15(21)20-9-6-12-10-13(17)11-14(16(12)20)24(22,23)18-7-5-8-19(2)3/h10-11,18H,4-9H2,1-3H3. The lowest BCUT2D eigenvalue weighted by molar-refractivity contribution is -0.118. The van der Waals surface area contributed by atoms with Crippen LogP contribution >= 0.6 is 15.9 Å². The molecule has 0 aromatic heterocycles. The monoisotopic (exact) mass is 417 g/mol. The molecule has 0 saturated heterocycles. The third kappa shape index (κ3) is 4.36. The Kier molecular flexibility index (Phi) is 6.41. The van der Waals surface area contributed by atoms with E-state index in [1.54, 1.807) is 17.9 Å². The van der Waals surface area contributed by atoms with Gasteiger partial charge in [0, 0.05) is 24.0 Å². The number of benzene rings is 1. The molecule has 1 N–H and O–H groups in total. The summed E-state index contributed by atoms with van der Waals surface area (Å²) in [5, 5.41) is 0. The van der Waals surface area contributed by atoms with Gasteiger partial charge in [-0.1, -0.05) is 22.9 Å². The average Bonchev–Trinajstić information content (AvgIpc) is 2.93. The van der Waals surface area contributed by atoms with Crippen LogP contribution in [0.5, 0.6) is 0 Å². The van der Waals surface area contributed by atoms with E-state index in [2.05, 4.69) is 20.7 Å². The van der Waals surface area contributed by atoms with E-state index in [0.717, 1.165) is 18.5 Å². The fraction of sp³-hybridized carbons (Fsp3) is 0.562. The van der Waals surface area contributed by atoms with Crippen LogP contribution in [-0.2, 0) is 21.2 Å². The SMILES string of the molecule is CCC(=O)N1CCc2cc(Br)cc(S(=O)(=O)NCCCN(C)C)c21. The van der Waals surface area contributed by atoms with Gasteiger partial charge in [-0.15, -0.1) is 0 Å². The maximum Gasteiger partial charge on any atom is 0.242 e. The summed E-state index contributed by atoms with van der Waals surface area (Å²) in [5.41, 5.74) is 1.42. The molecular weight excluding hydrogens is 394 g/mol. The summed E-state index contributed by atoms with van der Waals surface area (Å²) in [6.07, 6.45) is 1.74. The normalized spacial score (nSPS) is 14.3. The van der Waals surface area contributed by atoms with Crippen molar-refractivity contribution in [2.75, 3.05) is 38.6 Å². The number of carbonyl (C=O) groups is 1. The van der Waals surface area contributed by atoms with Gasteiger partial charge in [0.25, 0.3) is 0 Å². The first-order valence-electron chi connectivity index (χ1n) is 8.03. The Labute approximate surface area is 152 Å². The van der Waals surface area contributed by atoms with Gasteiger partial charge in [-0.3, -0.25) is 4.79 Å². The van der Waals surface area contributed by atoms with E-state index in [1.807, 2.05) is 25.1 Å². The Bertz CT molecular complexity index is 720. The zero-order valence-electron chi connectivity index (χ0n) is 14.3. The van der Waals surface area contributed by atoms with Crippen molar-refractivity contribution in [3.63, 3.8) is 0 Å². The lowest BCUT2D eigenvalue weighted by Gasteiger charge is -2.20. The molecule has 0 fully saturated rings. The van der Waals surface area contributed by atoms with Gasteiger partial charge in [-0.25, -0.2) is 13.1 Å². The lowest BCUT2D eigenvalue weighted by atomic mass is 10.2. The molecule has 2 rings (SSSR count). The predicted octanol–water partition coefficient (Wildman–Crippen LogP) is 1.98. The smallest absolute Gasteiger partial charge is 0.242 e. The molecule has 8 heteroatoms. The number of amides is 1. The molecule has 1 amide bonds. The molecule has 0 bridgehead atoms. The average molecular weight is 418 g/mol. The summed E-state index contributed by atoms with van der Waals surface area (Å²) in [6.45, 7) is 3.48. The maximum absolute atomic E-state index is 12.8. The number of hydrogen-bond donors (Lipinski definition) is 1. The minimum atomic E-state index is -3.67. The Morgan fingerprint density at radius 3 is 2.71 bits per heavy atom. The number of nitrogens with one attached hydrogen (secondary N) is 1. The third-order valence-electron chi connectivity index (χ3n) is 3.96. The van der Waals surface area contributed by atoms with Crippen LogP contribution in [-0.4, -0.2) is 53.0 Å². The molecule has 1 aromatic rings. The van der Waals surface area contributed by atoms with Crippen molar-refractivity contribution in [3.8, 4) is 0 Å². The fourth-order valence-electron chi connectivity index (χ4n) is 2.79. The van der Waals surface area contributed by atoms with Crippen LogP contribution in [0.1, 0.15) is 25.3 Å². The molecule has 1 heterocycles. The van der Waals surface area contributed by atoms with E-state index in [0.29, 0.717) is 36.1 Å². The minimum Gasteiger partial charge on any atom is -0.310 e. The van der Waals surface area contributed by atoms with E-state index in [4.69, 9.17) is 0 Å². The second kappa shape index (κ2) is 7.95. The number of fused-ring (bicyclic) bond motifs is 1. The van der Waals surface area contributed by atoms with Crippen molar-refractivity contribution in [2.24, 2.45) is 0 Å². The maximum atomic E-state index is 12.8. The van der Waals surface area contributed by atoms with Gasteiger partial charge < -0.3 is 9.80 Å². The summed E-state index contributed by atoms with van der Waals surface area (Å²) in [6, 6.07) is 3.47. The van der Waals surface area contributed by atoms with Crippen LogP contribution in [0.25, 0.3) is 0 Å². The summed E-state index contributed by atoms with van der Waals surface area (Å²) >= 11 is 3.38. The van der Waals surface area contributed by atoms with Crippen LogP contribution in [0.3, 0.4) is 0 Å². The topological polar surface area (TPSA) is 69.7 Å². The van der Waals surface area contributed by atoms with E-state index in [1.165, 1.54) is 0 Å². The molecule has 134 valence electrons. The van der Waals surface area contributed by atoms with E-state index >= 15 is 0 Å². The number of anilines is 1. The van der Waals surface area contributed by atoms with Gasteiger partial charge in [0.2, 0.25) is 15.9 Å². The molecule has 24 heavy (non-hydrogen) atoms. The van der Waals surface area contributed by atoms with Crippen LogP contribution in [0.2, 0.25) is 0 Å². The molecule has 0 radical (unpaired) electrons. The van der Waals surface area contributed by atoms with E-state index < -0.39 is 10.0 Å². The Balaban J connectivity index is 2.31. The molecule has 0 unspecified atom stereocenters. The van der Waals surface area contributed by atoms with Crippen molar-refractivity contribution in [1.82, 2.24) is 9.62 Å². The quantitative estimate of drug-likeness (QED) is 0.688. The second-order valence-electron chi connectivity index (χ2n) is 6.12. The molecule has 0 aliphatic carbocycles. The van der Waals surface area contributed by atoms with E-state index in [-0.39, 0.29) is 10.8 Å². The minimum absolute atomic E-state index is 0.0554. The molecule has 0 saturated carbocycles. The highest BCUT2D eigenvalue weighted by Gasteiger charge is 2.31. The molecule has 1 aliphatic heterocycles. The van der Waals surface area contributed by atoms with Crippen LogP contribution in [0, 0.1) is 0 Å². The summed E-state index contributed by atoms with van der Waals surface area (Å²) in [7, 11) is 0.224. The van der Waals surface area contributed by atoms with Gasteiger partial charge in [0.05, 0.1) is 5.69 Å².